The van der Waals surface area contributed by atoms with Crippen LogP contribution in [0.4, 0.5) is 0 Å². The van der Waals surface area contributed by atoms with Crippen molar-refractivity contribution >= 4 is 0 Å². The highest BCUT2D eigenvalue weighted by Crippen LogP contribution is 2.53. The third kappa shape index (κ3) is 3.65. The fraction of sp³-hybridized carbons (Fsp3) is 1.00. The van der Waals surface area contributed by atoms with Gasteiger partial charge in [-0.2, -0.15) is 0 Å². The van der Waals surface area contributed by atoms with Gasteiger partial charge in [-0.15, -0.1) is 0 Å². The van der Waals surface area contributed by atoms with Crippen LogP contribution in [0, 0.1) is 47.3 Å². The van der Waals surface area contributed by atoms with Gasteiger partial charge in [-0.1, -0.05) is 64.2 Å². The first-order valence-electron chi connectivity index (χ1n) is 12.9. The number of hydrogen-bond donors (Lipinski definition) is 0. The van der Waals surface area contributed by atoms with Gasteiger partial charge < -0.3 is 0 Å². The van der Waals surface area contributed by atoms with E-state index in [4.69, 9.17) is 0 Å². The minimum Gasteiger partial charge on any atom is -0.0530 e. The van der Waals surface area contributed by atoms with Gasteiger partial charge in [0.25, 0.3) is 0 Å². The van der Waals surface area contributed by atoms with Crippen molar-refractivity contribution in [2.24, 2.45) is 47.3 Å². The quantitative estimate of drug-likeness (QED) is 0.470. The Labute approximate surface area is 163 Å². The molecule has 0 saturated heterocycles. The molecular formula is C26H44. The minimum absolute atomic E-state index is 1.13. The fourth-order valence-corrected chi connectivity index (χ4v) is 8.96. The molecule has 8 unspecified atom stereocenters. The van der Waals surface area contributed by atoms with Crippen LogP contribution in [0.25, 0.3) is 0 Å². The zero-order valence-electron chi connectivity index (χ0n) is 17.3. The van der Waals surface area contributed by atoms with Crippen LogP contribution in [0.15, 0.2) is 0 Å². The molecule has 0 bridgehead atoms. The van der Waals surface area contributed by atoms with Crippen molar-refractivity contribution in [3.05, 3.63) is 0 Å². The van der Waals surface area contributed by atoms with Gasteiger partial charge >= 0.3 is 0 Å². The molecule has 26 heavy (non-hydrogen) atoms. The van der Waals surface area contributed by atoms with Crippen molar-refractivity contribution in [1.29, 1.82) is 0 Å². The maximum Gasteiger partial charge on any atom is -0.0355 e. The highest BCUT2D eigenvalue weighted by Gasteiger charge is 2.43. The normalized spacial score (nSPS) is 49.8. The van der Waals surface area contributed by atoms with Gasteiger partial charge in [0.2, 0.25) is 0 Å². The van der Waals surface area contributed by atoms with Crippen LogP contribution in [0.3, 0.4) is 0 Å². The largest absolute Gasteiger partial charge is 0.0530 e. The molecule has 0 heterocycles. The van der Waals surface area contributed by atoms with Gasteiger partial charge in [0, 0.05) is 0 Å². The van der Waals surface area contributed by atoms with Crippen LogP contribution in [0.5, 0.6) is 0 Å². The molecule has 5 rings (SSSR count). The number of fused-ring (bicyclic) bond motifs is 2. The van der Waals surface area contributed by atoms with E-state index in [-0.39, 0.29) is 0 Å². The summed E-state index contributed by atoms with van der Waals surface area (Å²) in [4.78, 5) is 0. The first-order chi connectivity index (χ1) is 12.9. The van der Waals surface area contributed by atoms with E-state index in [1.54, 1.807) is 116 Å². The van der Waals surface area contributed by atoms with E-state index in [2.05, 4.69) is 0 Å². The molecule has 0 N–H and O–H groups in total. The lowest BCUT2D eigenvalue weighted by Crippen LogP contribution is -2.40. The molecule has 0 heteroatoms. The van der Waals surface area contributed by atoms with E-state index < -0.39 is 0 Å². The summed E-state index contributed by atoms with van der Waals surface area (Å²) in [5.74, 6) is 9.08. The second kappa shape index (κ2) is 8.16. The Morgan fingerprint density at radius 1 is 0.269 bits per heavy atom. The Hall–Kier alpha value is 0. The SMILES string of the molecule is C1CCC2CC(C3CCCCC3C3CCC4CCCCC4C3)CCC2C1. The summed E-state index contributed by atoms with van der Waals surface area (Å²) < 4.78 is 0. The molecule has 0 aliphatic heterocycles. The predicted octanol–water partition coefficient (Wildman–Crippen LogP) is 8.01. The molecule has 0 aromatic carbocycles. The minimum atomic E-state index is 1.13. The third-order valence-electron chi connectivity index (χ3n) is 10.2. The van der Waals surface area contributed by atoms with Gasteiger partial charge in [-0.05, 0) is 98.7 Å². The zero-order chi connectivity index (χ0) is 17.3. The van der Waals surface area contributed by atoms with E-state index in [1.807, 2.05) is 0 Å². The molecule has 5 saturated carbocycles. The molecule has 0 spiro atoms. The second-order valence-corrected chi connectivity index (χ2v) is 11.4. The third-order valence-corrected chi connectivity index (χ3v) is 10.2. The molecule has 5 aliphatic carbocycles. The molecule has 5 aliphatic rings. The molecule has 8 atom stereocenters. The monoisotopic (exact) mass is 356 g/mol. The summed E-state index contributed by atoms with van der Waals surface area (Å²) in [5.41, 5.74) is 0. The summed E-state index contributed by atoms with van der Waals surface area (Å²) in [6, 6.07) is 0. The maximum absolute atomic E-state index is 1.64. The van der Waals surface area contributed by atoms with Crippen molar-refractivity contribution in [2.45, 2.75) is 116 Å². The first kappa shape index (κ1) is 18.1. The topological polar surface area (TPSA) is 0 Å². The van der Waals surface area contributed by atoms with Crippen molar-refractivity contribution in [3.63, 3.8) is 0 Å². The molecule has 0 nitrogen and oxygen atoms in total. The lowest BCUT2D eigenvalue weighted by atomic mass is 9.56. The van der Waals surface area contributed by atoms with Crippen molar-refractivity contribution in [3.8, 4) is 0 Å². The van der Waals surface area contributed by atoms with Crippen LogP contribution in [-0.2, 0) is 0 Å². The Morgan fingerprint density at radius 2 is 0.615 bits per heavy atom. The lowest BCUT2D eigenvalue weighted by molar-refractivity contribution is 0.00982. The van der Waals surface area contributed by atoms with Gasteiger partial charge in [-0.3, -0.25) is 0 Å². The van der Waals surface area contributed by atoms with Crippen LogP contribution in [0.2, 0.25) is 0 Å². The molecule has 148 valence electrons. The predicted molar refractivity (Wildman–Crippen MR) is 111 cm³/mol. The van der Waals surface area contributed by atoms with Crippen molar-refractivity contribution in [1.82, 2.24) is 0 Å². The number of rotatable bonds is 2. The maximum atomic E-state index is 1.64. The highest BCUT2D eigenvalue weighted by atomic mass is 14.5. The van der Waals surface area contributed by atoms with Crippen LogP contribution in [0.1, 0.15) is 116 Å². The fourth-order valence-electron chi connectivity index (χ4n) is 8.96. The van der Waals surface area contributed by atoms with E-state index >= 15 is 0 Å². The van der Waals surface area contributed by atoms with E-state index in [9.17, 15) is 0 Å². The lowest BCUT2D eigenvalue weighted by Gasteiger charge is -2.49. The Bertz CT molecular complexity index is 411. The number of hydrogen-bond acceptors (Lipinski definition) is 0. The average Bonchev–Trinajstić information content (AvgIpc) is 2.73. The van der Waals surface area contributed by atoms with Gasteiger partial charge in [0.05, 0.1) is 0 Å². The zero-order valence-corrected chi connectivity index (χ0v) is 17.3. The molecule has 5 fully saturated rings. The van der Waals surface area contributed by atoms with E-state index in [0.717, 1.165) is 47.3 Å². The summed E-state index contributed by atoms with van der Waals surface area (Å²) >= 11 is 0. The summed E-state index contributed by atoms with van der Waals surface area (Å²) in [5, 5.41) is 0. The summed E-state index contributed by atoms with van der Waals surface area (Å²) in [6.07, 6.45) is 28.6. The average molecular weight is 357 g/mol. The Morgan fingerprint density at radius 3 is 1.08 bits per heavy atom. The van der Waals surface area contributed by atoms with E-state index in [1.165, 1.54) is 0 Å². The molecule has 0 aromatic heterocycles. The summed E-state index contributed by atoms with van der Waals surface area (Å²) in [6.45, 7) is 0. The Kier molecular flexibility index (Phi) is 5.67. The van der Waals surface area contributed by atoms with Crippen molar-refractivity contribution in [2.75, 3.05) is 0 Å². The molecule has 0 amide bonds. The van der Waals surface area contributed by atoms with Gasteiger partial charge in [-0.25, -0.2) is 0 Å². The smallest absolute Gasteiger partial charge is 0.0355 e. The summed E-state index contributed by atoms with van der Waals surface area (Å²) in [7, 11) is 0. The Balaban J connectivity index is 1.25. The first-order valence-corrected chi connectivity index (χ1v) is 12.9. The molecular weight excluding hydrogens is 312 g/mol. The standard InChI is InChI=1S/C26H44/c1-3-9-21-17-23(15-13-19(21)7-1)25-11-5-6-12-26(25)24-16-14-20-8-2-4-10-22(20)18-24/h19-26H,1-18H2. The van der Waals surface area contributed by atoms with Gasteiger partial charge in [0.15, 0.2) is 0 Å². The second-order valence-electron chi connectivity index (χ2n) is 11.4. The van der Waals surface area contributed by atoms with E-state index in [0.29, 0.717) is 0 Å². The van der Waals surface area contributed by atoms with Crippen molar-refractivity contribution < 1.29 is 0 Å². The van der Waals surface area contributed by atoms with Gasteiger partial charge in [0.1, 0.15) is 0 Å². The van der Waals surface area contributed by atoms with Crippen LogP contribution < -0.4 is 0 Å². The molecule has 0 radical (unpaired) electrons. The van der Waals surface area contributed by atoms with Crippen LogP contribution in [-0.4, -0.2) is 0 Å². The highest BCUT2D eigenvalue weighted by molar-refractivity contribution is 4.93. The molecule has 0 aromatic rings. The van der Waals surface area contributed by atoms with Crippen LogP contribution >= 0.6 is 0 Å².